The highest BCUT2D eigenvalue weighted by Crippen LogP contribution is 2.18. The topological polar surface area (TPSA) is 44.1 Å². The van der Waals surface area contributed by atoms with E-state index in [9.17, 15) is 4.79 Å². The molecule has 3 nitrogen and oxygen atoms in total. The van der Waals surface area contributed by atoms with Crippen LogP contribution in [0, 0.1) is 17.2 Å². The zero-order valence-corrected chi connectivity index (χ0v) is 12.7. The Bertz CT molecular complexity index is 501. The summed E-state index contributed by atoms with van der Waals surface area (Å²) in [5.74, 6) is 2.31. The zero-order valence-electron chi connectivity index (χ0n) is 11.8. The van der Waals surface area contributed by atoms with Crippen molar-refractivity contribution in [1.82, 2.24) is 4.90 Å². The van der Waals surface area contributed by atoms with Gasteiger partial charge in [-0.25, -0.2) is 0 Å². The van der Waals surface area contributed by atoms with Gasteiger partial charge in [0, 0.05) is 18.8 Å². The summed E-state index contributed by atoms with van der Waals surface area (Å²) in [4.78, 5) is 14.1. The highest BCUT2D eigenvalue weighted by atomic mass is 32.2. The lowest BCUT2D eigenvalue weighted by molar-refractivity contribution is -0.129. The van der Waals surface area contributed by atoms with Gasteiger partial charge < -0.3 is 4.90 Å². The third kappa shape index (κ3) is 4.28. The molecule has 0 bridgehead atoms. The number of rotatable bonds is 4. The van der Waals surface area contributed by atoms with E-state index < -0.39 is 0 Å². The van der Waals surface area contributed by atoms with Crippen LogP contribution < -0.4 is 0 Å². The van der Waals surface area contributed by atoms with E-state index in [0.29, 0.717) is 11.3 Å². The fourth-order valence-electron chi connectivity index (χ4n) is 2.34. The molecule has 0 N–H and O–H groups in total. The summed E-state index contributed by atoms with van der Waals surface area (Å²) in [5.41, 5.74) is 1.79. The number of hydrogen-bond donors (Lipinski definition) is 0. The quantitative estimate of drug-likeness (QED) is 0.855. The van der Waals surface area contributed by atoms with Crippen LogP contribution in [0.15, 0.2) is 24.3 Å². The molecular formula is C16H20N2OS. The molecule has 2 rings (SSSR count). The van der Waals surface area contributed by atoms with Crippen molar-refractivity contribution in [2.24, 2.45) is 5.92 Å². The van der Waals surface area contributed by atoms with Crippen molar-refractivity contribution in [3.05, 3.63) is 35.4 Å². The number of nitrogens with zero attached hydrogens (tertiary/aromatic N) is 2. The smallest absolute Gasteiger partial charge is 0.232 e. The molecule has 1 saturated heterocycles. The highest BCUT2D eigenvalue weighted by molar-refractivity contribution is 7.99. The Morgan fingerprint density at radius 2 is 2.20 bits per heavy atom. The largest absolute Gasteiger partial charge is 0.342 e. The lowest BCUT2D eigenvalue weighted by Crippen LogP contribution is -2.38. The standard InChI is InChI=1S/C16H20N2OS/c1-13-5-7-18(8-6-13)16(19)12-20-11-15-4-2-3-14(9-15)10-17/h2-4,9,13H,5-8,11-12H2,1H3. The molecule has 0 unspecified atom stereocenters. The Balaban J connectivity index is 1.75. The maximum absolute atomic E-state index is 12.1. The van der Waals surface area contributed by atoms with Crippen LogP contribution >= 0.6 is 11.8 Å². The van der Waals surface area contributed by atoms with Crippen LogP contribution in [-0.4, -0.2) is 29.6 Å². The van der Waals surface area contributed by atoms with Crippen LogP contribution in [0.1, 0.15) is 30.9 Å². The monoisotopic (exact) mass is 288 g/mol. The van der Waals surface area contributed by atoms with E-state index >= 15 is 0 Å². The molecule has 1 heterocycles. The predicted molar refractivity (Wildman–Crippen MR) is 82.3 cm³/mol. The summed E-state index contributed by atoms with van der Waals surface area (Å²) in [6.45, 7) is 4.06. The van der Waals surface area contributed by atoms with E-state index in [1.807, 2.05) is 23.1 Å². The Kier molecular flexibility index (Phi) is 5.49. The normalized spacial score (nSPS) is 15.9. The second-order valence-corrected chi connectivity index (χ2v) is 6.35. The van der Waals surface area contributed by atoms with Crippen LogP contribution in [0.5, 0.6) is 0 Å². The molecule has 1 amide bonds. The van der Waals surface area contributed by atoms with E-state index in [1.165, 1.54) is 0 Å². The third-order valence-corrected chi connectivity index (χ3v) is 4.68. The average molecular weight is 288 g/mol. The molecule has 0 radical (unpaired) electrons. The van der Waals surface area contributed by atoms with Crippen molar-refractivity contribution in [2.45, 2.75) is 25.5 Å². The summed E-state index contributed by atoms with van der Waals surface area (Å²) >= 11 is 1.63. The molecule has 0 aromatic heterocycles. The van der Waals surface area contributed by atoms with E-state index in [0.717, 1.165) is 43.2 Å². The molecule has 1 aliphatic heterocycles. The lowest BCUT2D eigenvalue weighted by Gasteiger charge is -2.30. The average Bonchev–Trinajstić information content (AvgIpc) is 2.48. The first-order valence-electron chi connectivity index (χ1n) is 7.03. The van der Waals surface area contributed by atoms with Gasteiger partial charge in [0.25, 0.3) is 0 Å². The second kappa shape index (κ2) is 7.35. The van der Waals surface area contributed by atoms with E-state index in [2.05, 4.69) is 13.0 Å². The summed E-state index contributed by atoms with van der Waals surface area (Å²) < 4.78 is 0. The van der Waals surface area contributed by atoms with Crippen molar-refractivity contribution in [1.29, 1.82) is 5.26 Å². The van der Waals surface area contributed by atoms with Gasteiger partial charge in [0.15, 0.2) is 0 Å². The fraction of sp³-hybridized carbons (Fsp3) is 0.500. The Morgan fingerprint density at radius 3 is 2.90 bits per heavy atom. The van der Waals surface area contributed by atoms with Crippen LogP contribution in [-0.2, 0) is 10.5 Å². The van der Waals surface area contributed by atoms with Gasteiger partial charge in [-0.05, 0) is 36.5 Å². The molecule has 0 spiro atoms. The number of hydrogen-bond acceptors (Lipinski definition) is 3. The number of carbonyl (C=O) groups is 1. The van der Waals surface area contributed by atoms with E-state index in [-0.39, 0.29) is 5.91 Å². The summed E-state index contributed by atoms with van der Waals surface area (Å²) in [5, 5.41) is 8.85. The zero-order chi connectivity index (χ0) is 14.4. The molecule has 4 heteroatoms. The first-order chi connectivity index (χ1) is 9.69. The highest BCUT2D eigenvalue weighted by Gasteiger charge is 2.19. The molecule has 0 aliphatic carbocycles. The van der Waals surface area contributed by atoms with Gasteiger partial charge in [-0.15, -0.1) is 11.8 Å². The minimum absolute atomic E-state index is 0.248. The first-order valence-corrected chi connectivity index (χ1v) is 8.19. The van der Waals surface area contributed by atoms with Gasteiger partial charge in [0.1, 0.15) is 0 Å². The minimum atomic E-state index is 0.248. The van der Waals surface area contributed by atoms with Crippen molar-refractivity contribution in [2.75, 3.05) is 18.8 Å². The van der Waals surface area contributed by atoms with Gasteiger partial charge >= 0.3 is 0 Å². The van der Waals surface area contributed by atoms with Crippen LogP contribution in [0.2, 0.25) is 0 Å². The van der Waals surface area contributed by atoms with Gasteiger partial charge in [0.05, 0.1) is 17.4 Å². The number of likely N-dealkylation sites (tertiary alicyclic amines) is 1. The molecular weight excluding hydrogens is 268 g/mol. The number of nitriles is 1. The molecule has 0 saturated carbocycles. The first kappa shape index (κ1) is 14.9. The van der Waals surface area contributed by atoms with Crippen molar-refractivity contribution in [3.63, 3.8) is 0 Å². The summed E-state index contributed by atoms with van der Waals surface area (Å²) in [7, 11) is 0. The molecule has 1 aromatic carbocycles. The number of piperidine rings is 1. The van der Waals surface area contributed by atoms with Gasteiger partial charge in [-0.2, -0.15) is 5.26 Å². The van der Waals surface area contributed by atoms with Crippen molar-refractivity contribution < 1.29 is 4.79 Å². The molecule has 106 valence electrons. The third-order valence-electron chi connectivity index (χ3n) is 3.69. The second-order valence-electron chi connectivity index (χ2n) is 5.37. The van der Waals surface area contributed by atoms with Gasteiger partial charge in [-0.3, -0.25) is 4.79 Å². The Labute approximate surface area is 125 Å². The van der Waals surface area contributed by atoms with Crippen molar-refractivity contribution >= 4 is 17.7 Å². The van der Waals surface area contributed by atoms with E-state index in [4.69, 9.17) is 5.26 Å². The molecule has 1 aliphatic rings. The maximum Gasteiger partial charge on any atom is 0.232 e. The molecule has 1 fully saturated rings. The number of thioether (sulfide) groups is 1. The predicted octanol–water partition coefficient (Wildman–Crippen LogP) is 3.05. The fourth-order valence-corrected chi connectivity index (χ4v) is 3.21. The Morgan fingerprint density at radius 1 is 1.45 bits per heavy atom. The van der Waals surface area contributed by atoms with Gasteiger partial charge in [0.2, 0.25) is 5.91 Å². The van der Waals surface area contributed by atoms with Crippen LogP contribution in [0.3, 0.4) is 0 Å². The van der Waals surface area contributed by atoms with Crippen LogP contribution in [0.4, 0.5) is 0 Å². The van der Waals surface area contributed by atoms with Gasteiger partial charge in [-0.1, -0.05) is 19.1 Å². The summed E-state index contributed by atoms with van der Waals surface area (Å²) in [6.07, 6.45) is 2.25. The summed E-state index contributed by atoms with van der Waals surface area (Å²) in [6, 6.07) is 9.72. The number of amides is 1. The maximum atomic E-state index is 12.1. The van der Waals surface area contributed by atoms with Crippen molar-refractivity contribution in [3.8, 4) is 6.07 Å². The minimum Gasteiger partial charge on any atom is -0.342 e. The number of benzene rings is 1. The molecule has 20 heavy (non-hydrogen) atoms. The molecule has 0 atom stereocenters. The number of carbonyl (C=O) groups excluding carboxylic acids is 1. The van der Waals surface area contributed by atoms with Crippen LogP contribution in [0.25, 0.3) is 0 Å². The Hall–Kier alpha value is -1.47. The SMILES string of the molecule is CC1CCN(C(=O)CSCc2cccc(C#N)c2)CC1. The van der Waals surface area contributed by atoms with E-state index in [1.54, 1.807) is 17.8 Å². The molecule has 1 aromatic rings. The lowest BCUT2D eigenvalue weighted by atomic mass is 9.99.